The predicted molar refractivity (Wildman–Crippen MR) is 121 cm³/mol. The SMILES string of the molecule is Cc1ccc2nc3c(cc(C(=O)NCC(=O)OC(C)C)n3Cc3ccccc3)c(=O)n2c1. The number of amides is 1. The lowest BCUT2D eigenvalue weighted by atomic mass is 10.2. The number of nitrogens with zero attached hydrogens (tertiary/aromatic N) is 3. The monoisotopic (exact) mass is 432 g/mol. The zero-order valence-electron chi connectivity index (χ0n) is 18.2. The summed E-state index contributed by atoms with van der Waals surface area (Å²) in [4.78, 5) is 42.7. The largest absolute Gasteiger partial charge is 0.462 e. The molecule has 0 aliphatic carbocycles. The maximum Gasteiger partial charge on any atom is 0.325 e. The van der Waals surface area contributed by atoms with Gasteiger partial charge in [0.2, 0.25) is 0 Å². The third-order valence-electron chi connectivity index (χ3n) is 4.99. The second kappa shape index (κ2) is 8.66. The van der Waals surface area contributed by atoms with E-state index in [4.69, 9.17) is 4.74 Å². The number of hydrogen-bond donors (Lipinski definition) is 1. The second-order valence-electron chi connectivity index (χ2n) is 7.91. The van der Waals surface area contributed by atoms with Gasteiger partial charge in [-0.05, 0) is 44.0 Å². The Morgan fingerprint density at radius 3 is 2.59 bits per heavy atom. The minimum absolute atomic E-state index is 0.249. The average Bonchev–Trinajstić information content (AvgIpc) is 3.11. The summed E-state index contributed by atoms with van der Waals surface area (Å²) in [5.41, 5.74) is 2.77. The molecule has 4 rings (SSSR count). The summed E-state index contributed by atoms with van der Waals surface area (Å²) in [5, 5.41) is 2.92. The van der Waals surface area contributed by atoms with Gasteiger partial charge in [0.1, 0.15) is 23.5 Å². The Hall–Kier alpha value is -3.94. The number of aryl methyl sites for hydroxylation is 1. The molecule has 8 heteroatoms. The molecule has 1 aromatic carbocycles. The molecule has 0 bridgehead atoms. The maximum atomic E-state index is 13.2. The Morgan fingerprint density at radius 2 is 1.88 bits per heavy atom. The fourth-order valence-corrected chi connectivity index (χ4v) is 3.57. The van der Waals surface area contributed by atoms with Gasteiger partial charge in [-0.1, -0.05) is 36.4 Å². The minimum atomic E-state index is -0.529. The van der Waals surface area contributed by atoms with Crippen LogP contribution in [0.4, 0.5) is 0 Å². The van der Waals surface area contributed by atoms with Gasteiger partial charge in [-0.15, -0.1) is 0 Å². The molecule has 4 aromatic rings. The fraction of sp³-hybridized carbons (Fsp3) is 0.250. The van der Waals surface area contributed by atoms with Gasteiger partial charge in [0.15, 0.2) is 0 Å². The maximum absolute atomic E-state index is 13.2. The zero-order valence-corrected chi connectivity index (χ0v) is 18.2. The minimum Gasteiger partial charge on any atom is -0.462 e. The smallest absolute Gasteiger partial charge is 0.325 e. The van der Waals surface area contributed by atoms with Crippen molar-refractivity contribution >= 4 is 28.6 Å². The Kier molecular flexibility index (Phi) is 5.77. The quantitative estimate of drug-likeness (QED) is 0.473. The van der Waals surface area contributed by atoms with Crippen molar-refractivity contribution in [2.45, 2.75) is 33.4 Å². The van der Waals surface area contributed by atoms with E-state index in [2.05, 4.69) is 10.3 Å². The summed E-state index contributed by atoms with van der Waals surface area (Å²) in [6, 6.07) is 14.8. The summed E-state index contributed by atoms with van der Waals surface area (Å²) in [6.07, 6.45) is 1.45. The molecule has 1 N–H and O–H groups in total. The van der Waals surface area contributed by atoms with Crippen LogP contribution in [0.15, 0.2) is 59.5 Å². The van der Waals surface area contributed by atoms with E-state index in [1.165, 1.54) is 10.5 Å². The standard InChI is InChI=1S/C24H24N4O4/c1-15(2)32-21(29)12-25-23(30)19-11-18-22(27(19)14-17-7-5-4-6-8-17)26-20-10-9-16(3)13-28(20)24(18)31/h4-11,13,15H,12,14H2,1-3H3,(H,25,30). The number of nitrogens with one attached hydrogen (secondary N) is 1. The number of fused-ring (bicyclic) bond motifs is 2. The van der Waals surface area contributed by atoms with Crippen molar-refractivity contribution in [2.24, 2.45) is 0 Å². The van der Waals surface area contributed by atoms with Crippen molar-refractivity contribution in [2.75, 3.05) is 6.54 Å². The Labute approximate surface area is 184 Å². The lowest BCUT2D eigenvalue weighted by Crippen LogP contribution is -2.33. The second-order valence-corrected chi connectivity index (χ2v) is 7.91. The molecule has 32 heavy (non-hydrogen) atoms. The first-order valence-electron chi connectivity index (χ1n) is 10.4. The number of aromatic nitrogens is 3. The van der Waals surface area contributed by atoms with Crippen molar-refractivity contribution in [1.29, 1.82) is 0 Å². The van der Waals surface area contributed by atoms with Gasteiger partial charge in [0, 0.05) is 12.7 Å². The number of carbonyl (C=O) groups excluding carboxylic acids is 2. The molecule has 0 spiro atoms. The van der Waals surface area contributed by atoms with Gasteiger partial charge < -0.3 is 14.6 Å². The third-order valence-corrected chi connectivity index (χ3v) is 4.99. The number of rotatable bonds is 6. The number of carbonyl (C=O) groups is 2. The van der Waals surface area contributed by atoms with Crippen LogP contribution in [0.2, 0.25) is 0 Å². The van der Waals surface area contributed by atoms with Crippen LogP contribution < -0.4 is 10.9 Å². The van der Waals surface area contributed by atoms with E-state index in [9.17, 15) is 14.4 Å². The molecule has 0 unspecified atom stereocenters. The molecule has 0 fully saturated rings. The Bertz CT molecular complexity index is 1370. The summed E-state index contributed by atoms with van der Waals surface area (Å²) >= 11 is 0. The molecular weight excluding hydrogens is 408 g/mol. The van der Waals surface area contributed by atoms with Crippen molar-refractivity contribution in [3.05, 3.63) is 81.9 Å². The van der Waals surface area contributed by atoms with Crippen molar-refractivity contribution < 1.29 is 14.3 Å². The van der Waals surface area contributed by atoms with Crippen LogP contribution >= 0.6 is 0 Å². The van der Waals surface area contributed by atoms with Crippen LogP contribution in [0.1, 0.15) is 35.5 Å². The third kappa shape index (κ3) is 4.25. The number of benzene rings is 1. The van der Waals surface area contributed by atoms with Gasteiger partial charge in [-0.3, -0.25) is 18.8 Å². The highest BCUT2D eigenvalue weighted by Crippen LogP contribution is 2.19. The predicted octanol–water partition coefficient (Wildman–Crippen LogP) is 2.69. The molecule has 1 amide bonds. The van der Waals surface area contributed by atoms with Gasteiger partial charge in [0.25, 0.3) is 11.5 Å². The van der Waals surface area contributed by atoms with E-state index in [0.29, 0.717) is 23.2 Å². The number of hydrogen-bond acceptors (Lipinski definition) is 5. The summed E-state index contributed by atoms with van der Waals surface area (Å²) < 4.78 is 8.26. The van der Waals surface area contributed by atoms with Gasteiger partial charge in [-0.2, -0.15) is 0 Å². The van der Waals surface area contributed by atoms with E-state index < -0.39 is 11.9 Å². The molecule has 3 aromatic heterocycles. The molecule has 0 atom stereocenters. The Balaban J connectivity index is 1.81. The van der Waals surface area contributed by atoms with E-state index in [0.717, 1.165) is 11.1 Å². The number of esters is 1. The molecule has 0 saturated heterocycles. The highest BCUT2D eigenvalue weighted by molar-refractivity contribution is 5.99. The van der Waals surface area contributed by atoms with E-state index in [1.807, 2.05) is 43.3 Å². The highest BCUT2D eigenvalue weighted by atomic mass is 16.5. The van der Waals surface area contributed by atoms with E-state index >= 15 is 0 Å². The van der Waals surface area contributed by atoms with Crippen LogP contribution in [-0.2, 0) is 16.1 Å². The fourth-order valence-electron chi connectivity index (χ4n) is 3.57. The lowest BCUT2D eigenvalue weighted by Gasteiger charge is -2.12. The highest BCUT2D eigenvalue weighted by Gasteiger charge is 2.21. The lowest BCUT2D eigenvalue weighted by molar-refractivity contribution is -0.146. The van der Waals surface area contributed by atoms with Crippen LogP contribution in [0, 0.1) is 6.92 Å². The van der Waals surface area contributed by atoms with Crippen LogP contribution in [0.25, 0.3) is 16.7 Å². The molecular formula is C24H24N4O4. The van der Waals surface area contributed by atoms with Gasteiger partial charge >= 0.3 is 5.97 Å². The average molecular weight is 432 g/mol. The number of pyridine rings is 1. The van der Waals surface area contributed by atoms with Crippen molar-refractivity contribution in [3.8, 4) is 0 Å². The topological polar surface area (TPSA) is 94.7 Å². The molecule has 0 aliphatic rings. The summed E-state index contributed by atoms with van der Waals surface area (Å²) in [5.74, 6) is -1.01. The Morgan fingerprint density at radius 1 is 1.12 bits per heavy atom. The van der Waals surface area contributed by atoms with Crippen LogP contribution in [-0.4, -0.2) is 38.5 Å². The first kappa shape index (κ1) is 21.3. The molecule has 0 radical (unpaired) electrons. The molecule has 164 valence electrons. The molecule has 0 aliphatic heterocycles. The first-order chi connectivity index (χ1) is 15.3. The molecule has 3 heterocycles. The summed E-state index contributed by atoms with van der Waals surface area (Å²) in [7, 11) is 0. The van der Waals surface area contributed by atoms with E-state index in [-0.39, 0.29) is 23.9 Å². The van der Waals surface area contributed by atoms with E-state index in [1.54, 1.807) is 30.7 Å². The van der Waals surface area contributed by atoms with Crippen LogP contribution in [0.3, 0.4) is 0 Å². The first-order valence-corrected chi connectivity index (χ1v) is 10.4. The van der Waals surface area contributed by atoms with Crippen LogP contribution in [0.5, 0.6) is 0 Å². The number of ether oxygens (including phenoxy) is 1. The van der Waals surface area contributed by atoms with Crippen molar-refractivity contribution in [3.63, 3.8) is 0 Å². The normalized spacial score (nSPS) is 11.2. The van der Waals surface area contributed by atoms with Gasteiger partial charge in [0.05, 0.1) is 11.5 Å². The molecule has 8 nitrogen and oxygen atoms in total. The zero-order chi connectivity index (χ0) is 22.8. The molecule has 0 saturated carbocycles. The van der Waals surface area contributed by atoms with Gasteiger partial charge in [-0.25, -0.2) is 4.98 Å². The summed E-state index contributed by atoms with van der Waals surface area (Å²) in [6.45, 7) is 5.45. The van der Waals surface area contributed by atoms with Crippen molar-refractivity contribution in [1.82, 2.24) is 19.3 Å².